The molecule has 8 heteroatoms. The Morgan fingerprint density at radius 2 is 2.00 bits per heavy atom. The van der Waals surface area contributed by atoms with Gasteiger partial charge in [-0.15, -0.1) is 0 Å². The molecule has 6 N–H and O–H groups in total. The van der Waals surface area contributed by atoms with Gasteiger partial charge in [0.2, 0.25) is 0 Å². The minimum Gasteiger partial charge on any atom is -0.487 e. The molecule has 1 amide bonds. The van der Waals surface area contributed by atoms with Gasteiger partial charge in [0.05, 0.1) is 35.0 Å². The van der Waals surface area contributed by atoms with Crippen molar-refractivity contribution in [1.82, 2.24) is 9.97 Å². The summed E-state index contributed by atoms with van der Waals surface area (Å²) in [7, 11) is 1.76. The van der Waals surface area contributed by atoms with Crippen molar-refractivity contribution in [3.8, 4) is 5.75 Å². The molecule has 1 aliphatic rings. The molecule has 2 aromatic rings. The highest BCUT2D eigenvalue weighted by Crippen LogP contribution is 2.39. The molecule has 2 heterocycles. The summed E-state index contributed by atoms with van der Waals surface area (Å²) >= 11 is 0. The molecular weight excluding hydrogens is 332 g/mol. The van der Waals surface area contributed by atoms with E-state index in [1.165, 1.54) is 6.20 Å². The Morgan fingerprint density at radius 1 is 1.31 bits per heavy atom. The van der Waals surface area contributed by atoms with Crippen molar-refractivity contribution >= 4 is 28.5 Å². The summed E-state index contributed by atoms with van der Waals surface area (Å²) in [4.78, 5) is 20.9. The van der Waals surface area contributed by atoms with Gasteiger partial charge in [-0.3, -0.25) is 4.79 Å². The van der Waals surface area contributed by atoms with Gasteiger partial charge in [-0.1, -0.05) is 0 Å². The first kappa shape index (κ1) is 17.5. The van der Waals surface area contributed by atoms with Crippen molar-refractivity contribution in [2.24, 2.45) is 5.73 Å². The van der Waals surface area contributed by atoms with Crippen LogP contribution in [-0.4, -0.2) is 28.5 Å². The van der Waals surface area contributed by atoms with Gasteiger partial charge in [-0.25, -0.2) is 9.97 Å². The molecule has 0 bridgehead atoms. The zero-order valence-corrected chi connectivity index (χ0v) is 15.0. The van der Waals surface area contributed by atoms with Gasteiger partial charge in [-0.05, 0) is 19.9 Å². The normalized spacial score (nSPS) is 15.1. The molecular formula is C18H22N6O2. The molecule has 0 unspecified atom stereocenters. The van der Waals surface area contributed by atoms with E-state index in [-0.39, 0.29) is 17.0 Å². The quantitative estimate of drug-likeness (QED) is 0.486. The van der Waals surface area contributed by atoms with Gasteiger partial charge in [0.15, 0.2) is 5.82 Å². The molecule has 0 saturated heterocycles. The van der Waals surface area contributed by atoms with Crippen molar-refractivity contribution in [2.75, 3.05) is 23.4 Å². The number of benzene rings is 1. The Kier molecular flexibility index (Phi) is 4.41. The van der Waals surface area contributed by atoms with Crippen molar-refractivity contribution in [3.63, 3.8) is 0 Å². The van der Waals surface area contributed by atoms with E-state index >= 15 is 0 Å². The van der Waals surface area contributed by atoms with E-state index in [9.17, 15) is 4.79 Å². The number of hydrogen-bond acceptors (Lipinski definition) is 7. The second kappa shape index (κ2) is 6.55. The Labute approximate surface area is 151 Å². The highest BCUT2D eigenvalue weighted by atomic mass is 16.5. The summed E-state index contributed by atoms with van der Waals surface area (Å²) in [5.74, 6) is 0.536. The van der Waals surface area contributed by atoms with Crippen LogP contribution in [0, 0.1) is 0 Å². The van der Waals surface area contributed by atoms with Crippen molar-refractivity contribution in [3.05, 3.63) is 42.1 Å². The van der Waals surface area contributed by atoms with E-state index < -0.39 is 5.91 Å². The summed E-state index contributed by atoms with van der Waals surface area (Å²) in [5, 5.41) is 5.70. The monoisotopic (exact) mass is 354 g/mol. The Morgan fingerprint density at radius 3 is 2.62 bits per heavy atom. The molecule has 26 heavy (non-hydrogen) atoms. The lowest BCUT2D eigenvalue weighted by Crippen LogP contribution is -2.24. The number of carbonyl (C=O) groups is 1. The maximum atomic E-state index is 12.6. The van der Waals surface area contributed by atoms with Crippen molar-refractivity contribution < 1.29 is 9.53 Å². The highest BCUT2D eigenvalue weighted by molar-refractivity contribution is 6.24. The molecule has 3 rings (SSSR count). The minimum atomic E-state index is -0.436. The number of nitrogens with zero attached hydrogens (tertiary/aromatic N) is 2. The predicted octanol–water partition coefficient (Wildman–Crippen LogP) is 1.75. The molecule has 1 aromatic carbocycles. The molecule has 8 nitrogen and oxygen atoms in total. The van der Waals surface area contributed by atoms with E-state index in [0.717, 1.165) is 23.4 Å². The van der Waals surface area contributed by atoms with Crippen molar-refractivity contribution in [2.45, 2.75) is 25.9 Å². The van der Waals surface area contributed by atoms with Crippen LogP contribution in [0.2, 0.25) is 0 Å². The number of nitrogen functional groups attached to an aromatic ring is 1. The lowest BCUT2D eigenvalue weighted by molar-refractivity contribution is -0.111. The predicted molar refractivity (Wildman–Crippen MR) is 102 cm³/mol. The van der Waals surface area contributed by atoms with Crippen LogP contribution in [0.25, 0.3) is 5.57 Å². The number of hydrogen-bond donors (Lipinski definition) is 4. The zero-order valence-electron chi connectivity index (χ0n) is 15.0. The third-order valence-electron chi connectivity index (χ3n) is 4.08. The van der Waals surface area contributed by atoms with E-state index in [1.807, 2.05) is 19.9 Å². The number of carbonyl (C=O) groups excluding carboxylic acids is 1. The summed E-state index contributed by atoms with van der Waals surface area (Å²) in [6.45, 7) is 4.01. The Balaban J connectivity index is 1.83. The molecule has 0 fully saturated rings. The van der Waals surface area contributed by atoms with Crippen LogP contribution in [-0.2, 0) is 11.2 Å². The molecule has 1 aromatic heterocycles. The third-order valence-corrected chi connectivity index (χ3v) is 4.08. The van der Waals surface area contributed by atoms with Gasteiger partial charge in [-0.2, -0.15) is 0 Å². The standard InChI is InChI=1S/C18H22N6O2/c1-18(2)6-10-4-14(13(20)5-15(10)26-18)24-17(25)12(7-19)16-22-8-11(21-3)9-23-16/h4-5,7-9,21H,6,19-20H2,1-3H3,(H,24,25). The van der Waals surface area contributed by atoms with E-state index in [1.54, 1.807) is 25.5 Å². The first-order chi connectivity index (χ1) is 12.3. The van der Waals surface area contributed by atoms with E-state index in [0.29, 0.717) is 11.4 Å². The fraction of sp³-hybridized carbons (Fsp3) is 0.278. The number of fused-ring (bicyclic) bond motifs is 1. The third kappa shape index (κ3) is 3.39. The number of nitrogens with two attached hydrogens (primary N) is 2. The summed E-state index contributed by atoms with van der Waals surface area (Å²) < 4.78 is 5.84. The fourth-order valence-electron chi connectivity index (χ4n) is 2.81. The van der Waals surface area contributed by atoms with Crippen LogP contribution in [0.5, 0.6) is 5.75 Å². The second-order valence-corrected chi connectivity index (χ2v) is 6.67. The molecule has 0 radical (unpaired) electrons. The Bertz CT molecular complexity index is 874. The first-order valence-electron chi connectivity index (χ1n) is 8.18. The fourth-order valence-corrected chi connectivity index (χ4v) is 2.81. The highest BCUT2D eigenvalue weighted by Gasteiger charge is 2.31. The number of anilines is 3. The SMILES string of the molecule is CNc1cnc(C(=CN)C(=O)Nc2cc3c(cc2N)OC(C)(C)C3)nc1. The molecule has 0 atom stereocenters. The largest absolute Gasteiger partial charge is 0.487 e. The van der Waals surface area contributed by atoms with E-state index in [2.05, 4.69) is 20.6 Å². The van der Waals surface area contributed by atoms with E-state index in [4.69, 9.17) is 16.2 Å². The molecule has 136 valence electrons. The number of aromatic nitrogens is 2. The maximum absolute atomic E-state index is 12.6. The van der Waals surface area contributed by atoms with Crippen LogP contribution in [0.1, 0.15) is 25.2 Å². The molecule has 0 spiro atoms. The summed E-state index contributed by atoms with van der Waals surface area (Å²) in [6.07, 6.45) is 5.06. The average molecular weight is 354 g/mol. The average Bonchev–Trinajstić information content (AvgIpc) is 2.89. The summed E-state index contributed by atoms with van der Waals surface area (Å²) in [6, 6.07) is 3.56. The summed E-state index contributed by atoms with van der Waals surface area (Å²) in [5.41, 5.74) is 14.2. The van der Waals surface area contributed by atoms with Crippen LogP contribution in [0.4, 0.5) is 17.1 Å². The minimum absolute atomic E-state index is 0.157. The van der Waals surface area contributed by atoms with Crippen LogP contribution < -0.4 is 26.8 Å². The lowest BCUT2D eigenvalue weighted by atomic mass is 10.0. The second-order valence-electron chi connectivity index (χ2n) is 6.67. The van der Waals surface area contributed by atoms with Crippen LogP contribution in [0.3, 0.4) is 0 Å². The molecule has 1 aliphatic heterocycles. The van der Waals surface area contributed by atoms with Crippen molar-refractivity contribution in [1.29, 1.82) is 0 Å². The van der Waals surface area contributed by atoms with Gasteiger partial charge in [0.1, 0.15) is 11.4 Å². The number of nitrogens with one attached hydrogen (secondary N) is 2. The van der Waals surface area contributed by atoms with Gasteiger partial charge in [0.25, 0.3) is 5.91 Å². The lowest BCUT2D eigenvalue weighted by Gasteiger charge is -2.16. The van der Waals surface area contributed by atoms with Gasteiger partial charge >= 0.3 is 0 Å². The molecule has 0 saturated carbocycles. The number of rotatable bonds is 4. The van der Waals surface area contributed by atoms with Crippen LogP contribution in [0.15, 0.2) is 30.7 Å². The maximum Gasteiger partial charge on any atom is 0.261 e. The zero-order chi connectivity index (χ0) is 18.9. The van der Waals surface area contributed by atoms with Gasteiger partial charge < -0.3 is 26.8 Å². The molecule has 0 aliphatic carbocycles. The van der Waals surface area contributed by atoms with Crippen LogP contribution >= 0.6 is 0 Å². The first-order valence-corrected chi connectivity index (χ1v) is 8.18. The smallest absolute Gasteiger partial charge is 0.261 e. The number of ether oxygens (including phenoxy) is 1. The topological polar surface area (TPSA) is 128 Å². The Hall–Kier alpha value is -3.29. The number of amides is 1. The van der Waals surface area contributed by atoms with Gasteiger partial charge in [0, 0.05) is 31.3 Å².